The third-order valence-electron chi connectivity index (χ3n) is 2.64. The van der Waals surface area contributed by atoms with E-state index >= 15 is 0 Å². The first-order valence-corrected chi connectivity index (χ1v) is 4.25. The molecule has 1 aliphatic carbocycles. The Morgan fingerprint density at radius 2 is 2.00 bits per heavy atom. The molecule has 0 aromatic rings. The average Bonchev–Trinajstić information content (AvgIpc) is 1.82. The minimum Gasteiger partial charge on any atom is -0.293 e. The maximum absolute atomic E-state index is 12.5. The van der Waals surface area contributed by atoms with Gasteiger partial charge in [-0.05, 0) is 18.3 Å². The lowest BCUT2D eigenvalue weighted by Crippen LogP contribution is -2.34. The zero-order chi connectivity index (χ0) is 9.41. The van der Waals surface area contributed by atoms with Gasteiger partial charge in [0.1, 0.15) is 0 Å². The second kappa shape index (κ2) is 2.79. The summed E-state index contributed by atoms with van der Waals surface area (Å²) < 4.78 is 24.9. The highest BCUT2D eigenvalue weighted by Gasteiger charge is 2.40. The van der Waals surface area contributed by atoms with Crippen molar-refractivity contribution in [1.29, 1.82) is 0 Å². The van der Waals surface area contributed by atoms with Crippen LogP contribution in [0.25, 0.3) is 0 Å². The minimum atomic E-state index is -3.14. The van der Waals surface area contributed by atoms with Crippen LogP contribution < -0.4 is 0 Å². The first kappa shape index (κ1) is 9.62. The molecular formula is C9H14F2O. The standard InChI is InChI=1S/C9H14F2O/c1-8(4-3-5-8)6-7(12)9(2,10)11/h3-6H2,1-2H3. The summed E-state index contributed by atoms with van der Waals surface area (Å²) in [7, 11) is 0. The van der Waals surface area contributed by atoms with E-state index in [0.29, 0.717) is 6.92 Å². The van der Waals surface area contributed by atoms with Crippen LogP contribution in [0.5, 0.6) is 0 Å². The zero-order valence-corrected chi connectivity index (χ0v) is 7.49. The van der Waals surface area contributed by atoms with Crippen LogP contribution in [0.15, 0.2) is 0 Å². The Bertz CT molecular complexity index is 189. The number of rotatable bonds is 3. The van der Waals surface area contributed by atoms with Gasteiger partial charge in [-0.25, -0.2) is 0 Å². The third kappa shape index (κ3) is 2.02. The molecule has 1 rings (SSSR count). The summed E-state index contributed by atoms with van der Waals surface area (Å²) in [6.07, 6.45) is 2.93. The van der Waals surface area contributed by atoms with Crippen molar-refractivity contribution < 1.29 is 13.6 Å². The molecule has 0 spiro atoms. The fourth-order valence-electron chi connectivity index (χ4n) is 1.50. The van der Waals surface area contributed by atoms with Crippen molar-refractivity contribution in [3.8, 4) is 0 Å². The highest BCUT2D eigenvalue weighted by molar-refractivity contribution is 5.85. The predicted molar refractivity (Wildman–Crippen MR) is 42.2 cm³/mol. The molecule has 0 saturated heterocycles. The van der Waals surface area contributed by atoms with E-state index in [4.69, 9.17) is 0 Å². The van der Waals surface area contributed by atoms with Crippen LogP contribution in [0.1, 0.15) is 39.5 Å². The Labute approximate surface area is 71.1 Å². The van der Waals surface area contributed by atoms with Gasteiger partial charge in [-0.2, -0.15) is 8.78 Å². The van der Waals surface area contributed by atoms with E-state index in [1.165, 1.54) is 0 Å². The Morgan fingerprint density at radius 1 is 1.50 bits per heavy atom. The molecule has 0 N–H and O–H groups in total. The highest BCUT2D eigenvalue weighted by atomic mass is 19.3. The van der Waals surface area contributed by atoms with Gasteiger partial charge in [-0.1, -0.05) is 13.3 Å². The molecule has 0 aromatic carbocycles. The number of hydrogen-bond donors (Lipinski definition) is 0. The van der Waals surface area contributed by atoms with Gasteiger partial charge in [-0.15, -0.1) is 0 Å². The van der Waals surface area contributed by atoms with E-state index in [0.717, 1.165) is 19.3 Å². The van der Waals surface area contributed by atoms with E-state index in [-0.39, 0.29) is 11.8 Å². The molecule has 1 saturated carbocycles. The highest BCUT2D eigenvalue weighted by Crippen LogP contribution is 2.44. The van der Waals surface area contributed by atoms with Crippen molar-refractivity contribution in [3.05, 3.63) is 0 Å². The summed E-state index contributed by atoms with van der Waals surface area (Å²) in [6.45, 7) is 2.58. The lowest BCUT2D eigenvalue weighted by molar-refractivity contribution is -0.144. The maximum Gasteiger partial charge on any atom is 0.302 e. The van der Waals surface area contributed by atoms with Crippen LogP contribution in [0.3, 0.4) is 0 Å². The van der Waals surface area contributed by atoms with E-state index < -0.39 is 11.7 Å². The van der Waals surface area contributed by atoms with Crippen LogP contribution in [0.2, 0.25) is 0 Å². The smallest absolute Gasteiger partial charge is 0.293 e. The molecule has 0 unspecified atom stereocenters. The Kier molecular flexibility index (Phi) is 2.23. The summed E-state index contributed by atoms with van der Waals surface area (Å²) in [5.74, 6) is -4.05. The molecular weight excluding hydrogens is 162 g/mol. The normalized spacial score (nSPS) is 21.7. The Balaban J connectivity index is 2.46. The molecule has 0 amide bonds. The van der Waals surface area contributed by atoms with Crippen molar-refractivity contribution in [2.75, 3.05) is 0 Å². The van der Waals surface area contributed by atoms with Gasteiger partial charge in [0, 0.05) is 13.3 Å². The maximum atomic E-state index is 12.5. The number of halogens is 2. The largest absolute Gasteiger partial charge is 0.302 e. The Morgan fingerprint density at radius 3 is 2.25 bits per heavy atom. The van der Waals surface area contributed by atoms with E-state index in [2.05, 4.69) is 0 Å². The van der Waals surface area contributed by atoms with Crippen molar-refractivity contribution in [2.24, 2.45) is 5.41 Å². The number of carbonyl (C=O) groups excluding carboxylic acids is 1. The molecule has 12 heavy (non-hydrogen) atoms. The number of ketones is 1. The minimum absolute atomic E-state index is 0.0382. The molecule has 1 fully saturated rings. The summed E-state index contributed by atoms with van der Waals surface area (Å²) in [5, 5.41) is 0. The van der Waals surface area contributed by atoms with E-state index in [1.807, 2.05) is 6.92 Å². The quantitative estimate of drug-likeness (QED) is 0.646. The topological polar surface area (TPSA) is 17.1 Å². The number of hydrogen-bond acceptors (Lipinski definition) is 1. The van der Waals surface area contributed by atoms with Gasteiger partial charge in [-0.3, -0.25) is 4.79 Å². The van der Waals surface area contributed by atoms with Crippen LogP contribution in [-0.2, 0) is 4.79 Å². The molecule has 0 bridgehead atoms. The summed E-state index contributed by atoms with van der Waals surface area (Å²) >= 11 is 0. The van der Waals surface area contributed by atoms with E-state index in [9.17, 15) is 13.6 Å². The van der Waals surface area contributed by atoms with Crippen molar-refractivity contribution in [3.63, 3.8) is 0 Å². The molecule has 3 heteroatoms. The van der Waals surface area contributed by atoms with Crippen molar-refractivity contribution in [1.82, 2.24) is 0 Å². The summed E-state index contributed by atoms with van der Waals surface area (Å²) in [5.41, 5.74) is -0.128. The van der Waals surface area contributed by atoms with Gasteiger partial charge in [0.2, 0.25) is 5.78 Å². The molecule has 1 aliphatic rings. The first-order chi connectivity index (χ1) is 5.33. The molecule has 0 aliphatic heterocycles. The van der Waals surface area contributed by atoms with Gasteiger partial charge >= 0.3 is 5.92 Å². The van der Waals surface area contributed by atoms with Gasteiger partial charge in [0.05, 0.1) is 0 Å². The molecule has 70 valence electrons. The first-order valence-electron chi connectivity index (χ1n) is 4.25. The second-order valence-corrected chi connectivity index (χ2v) is 4.15. The predicted octanol–water partition coefficient (Wildman–Crippen LogP) is 2.79. The molecule has 1 nitrogen and oxygen atoms in total. The van der Waals surface area contributed by atoms with Gasteiger partial charge in [0.25, 0.3) is 0 Å². The monoisotopic (exact) mass is 176 g/mol. The fourth-order valence-corrected chi connectivity index (χ4v) is 1.50. The molecule has 0 aromatic heterocycles. The van der Waals surface area contributed by atoms with Crippen molar-refractivity contribution in [2.45, 2.75) is 45.5 Å². The summed E-state index contributed by atoms with van der Waals surface area (Å²) in [6, 6.07) is 0. The van der Waals surface area contributed by atoms with Crippen molar-refractivity contribution >= 4 is 5.78 Å². The number of Topliss-reactive ketones (excluding diaryl/α,β-unsaturated/α-hetero) is 1. The SMILES string of the molecule is CC1(CC(=O)C(C)(F)F)CCC1. The second-order valence-electron chi connectivity index (χ2n) is 4.15. The molecule has 0 radical (unpaired) electrons. The van der Waals surface area contributed by atoms with E-state index in [1.54, 1.807) is 0 Å². The zero-order valence-electron chi connectivity index (χ0n) is 7.49. The fraction of sp³-hybridized carbons (Fsp3) is 0.889. The average molecular weight is 176 g/mol. The van der Waals surface area contributed by atoms with Crippen LogP contribution in [-0.4, -0.2) is 11.7 Å². The van der Waals surface area contributed by atoms with Crippen LogP contribution >= 0.6 is 0 Å². The van der Waals surface area contributed by atoms with Gasteiger partial charge in [0.15, 0.2) is 0 Å². The molecule has 0 heterocycles. The van der Waals surface area contributed by atoms with Crippen LogP contribution in [0, 0.1) is 5.41 Å². The van der Waals surface area contributed by atoms with Crippen LogP contribution in [0.4, 0.5) is 8.78 Å². The lowest BCUT2D eigenvalue weighted by Gasteiger charge is -2.38. The number of alkyl halides is 2. The third-order valence-corrected chi connectivity index (χ3v) is 2.64. The summed E-state index contributed by atoms with van der Waals surface area (Å²) in [4.78, 5) is 10.9. The van der Waals surface area contributed by atoms with Gasteiger partial charge < -0.3 is 0 Å². The number of carbonyl (C=O) groups is 1. The molecule has 0 atom stereocenters. The lowest BCUT2D eigenvalue weighted by atomic mass is 9.67. The Hall–Kier alpha value is -0.470.